The van der Waals surface area contributed by atoms with Crippen molar-refractivity contribution in [1.29, 1.82) is 0 Å². The minimum Gasteiger partial charge on any atom is -0.350 e. The Morgan fingerprint density at radius 1 is 1.11 bits per heavy atom. The van der Waals surface area contributed by atoms with Gasteiger partial charge in [-0.15, -0.1) is 21.5 Å². The van der Waals surface area contributed by atoms with Gasteiger partial charge < -0.3 is 5.32 Å². The van der Waals surface area contributed by atoms with Gasteiger partial charge in [0.25, 0.3) is 0 Å². The molecule has 0 aliphatic rings. The van der Waals surface area contributed by atoms with Crippen LogP contribution >= 0.6 is 46.2 Å². The van der Waals surface area contributed by atoms with E-state index in [-0.39, 0.29) is 5.91 Å². The number of nitrogens with zero attached hydrogens (tertiary/aromatic N) is 2. The molecule has 2 heterocycles. The molecule has 3 aromatic rings. The first-order chi connectivity index (χ1) is 13.1. The first-order valence-electron chi connectivity index (χ1n) is 8.57. The van der Waals surface area contributed by atoms with E-state index < -0.39 is 0 Å². The zero-order valence-corrected chi connectivity index (χ0v) is 18.4. The largest absolute Gasteiger partial charge is 0.350 e. The summed E-state index contributed by atoms with van der Waals surface area (Å²) in [5.41, 5.74) is 2.64. The van der Waals surface area contributed by atoms with E-state index in [2.05, 4.69) is 53.6 Å². The number of thiophene rings is 1. The van der Waals surface area contributed by atoms with Crippen LogP contribution in [-0.4, -0.2) is 21.9 Å². The summed E-state index contributed by atoms with van der Waals surface area (Å²) >= 11 is 6.31. The molecule has 0 spiro atoms. The van der Waals surface area contributed by atoms with E-state index >= 15 is 0 Å². The SMILES string of the molecule is CC(C)c1ccc(CSc2nnc(SCC(=O)NCc3cccs3)s2)cc1. The Morgan fingerprint density at radius 2 is 1.85 bits per heavy atom. The Kier molecular flexibility index (Phi) is 7.75. The van der Waals surface area contributed by atoms with Crippen LogP contribution in [0.1, 0.15) is 35.8 Å². The Morgan fingerprint density at radius 3 is 2.52 bits per heavy atom. The number of nitrogens with one attached hydrogen (secondary N) is 1. The van der Waals surface area contributed by atoms with Crippen LogP contribution in [0.25, 0.3) is 0 Å². The zero-order valence-electron chi connectivity index (χ0n) is 15.2. The van der Waals surface area contributed by atoms with Crippen molar-refractivity contribution in [2.45, 2.75) is 40.7 Å². The molecular weight excluding hydrogens is 414 g/mol. The molecule has 2 aromatic heterocycles. The number of amides is 1. The number of thioether (sulfide) groups is 2. The summed E-state index contributed by atoms with van der Waals surface area (Å²) < 4.78 is 1.77. The zero-order chi connectivity index (χ0) is 19.1. The molecule has 0 atom stereocenters. The highest BCUT2D eigenvalue weighted by Crippen LogP contribution is 2.31. The summed E-state index contributed by atoms with van der Waals surface area (Å²) in [5.74, 6) is 1.81. The first-order valence-corrected chi connectivity index (χ1v) is 12.2. The lowest BCUT2D eigenvalue weighted by molar-refractivity contribution is -0.118. The molecule has 0 radical (unpaired) electrons. The number of carbonyl (C=O) groups excluding carboxylic acids is 1. The highest BCUT2D eigenvalue weighted by molar-refractivity contribution is 8.03. The molecular formula is C19H21N3OS4. The molecule has 1 amide bonds. The van der Waals surface area contributed by atoms with Crippen molar-refractivity contribution in [3.8, 4) is 0 Å². The van der Waals surface area contributed by atoms with Crippen LogP contribution in [0.15, 0.2) is 50.5 Å². The molecule has 0 fully saturated rings. The summed E-state index contributed by atoms with van der Waals surface area (Å²) in [6, 6.07) is 12.7. The lowest BCUT2D eigenvalue weighted by Crippen LogP contribution is -2.24. The molecule has 1 N–H and O–H groups in total. The van der Waals surface area contributed by atoms with Gasteiger partial charge in [0.1, 0.15) is 0 Å². The smallest absolute Gasteiger partial charge is 0.230 e. The number of hydrogen-bond donors (Lipinski definition) is 1. The fourth-order valence-electron chi connectivity index (χ4n) is 2.23. The van der Waals surface area contributed by atoms with E-state index in [1.165, 1.54) is 22.9 Å². The molecule has 3 rings (SSSR count). The highest BCUT2D eigenvalue weighted by atomic mass is 32.2. The fraction of sp³-hybridized carbons (Fsp3) is 0.316. The fourth-order valence-corrected chi connectivity index (χ4v) is 5.69. The standard InChI is InChI=1S/C19H21N3OS4/c1-13(2)15-7-5-14(6-8-15)11-25-18-21-22-19(27-18)26-12-17(23)20-10-16-4-3-9-24-16/h3-9,13H,10-12H2,1-2H3,(H,20,23). The van der Waals surface area contributed by atoms with Gasteiger partial charge in [-0.2, -0.15) is 0 Å². The summed E-state index contributed by atoms with van der Waals surface area (Å²) in [4.78, 5) is 13.1. The number of aromatic nitrogens is 2. The second-order valence-electron chi connectivity index (χ2n) is 6.16. The Labute approximate surface area is 176 Å². The minimum absolute atomic E-state index is 0.0167. The second-order valence-corrected chi connectivity index (χ2v) is 10.6. The van der Waals surface area contributed by atoms with Crippen molar-refractivity contribution >= 4 is 52.1 Å². The molecule has 8 heteroatoms. The maximum Gasteiger partial charge on any atom is 0.230 e. The summed E-state index contributed by atoms with van der Waals surface area (Å²) in [6.07, 6.45) is 0. The minimum atomic E-state index is 0.0167. The molecule has 1 aromatic carbocycles. The molecule has 27 heavy (non-hydrogen) atoms. The average molecular weight is 436 g/mol. The summed E-state index contributed by atoms with van der Waals surface area (Å²) in [5, 5.41) is 13.3. The van der Waals surface area contributed by atoms with Crippen LogP contribution in [0.4, 0.5) is 0 Å². The Hall–Kier alpha value is -1.35. The van der Waals surface area contributed by atoms with Gasteiger partial charge in [-0.1, -0.05) is 79.0 Å². The van der Waals surface area contributed by atoms with Gasteiger partial charge in [0, 0.05) is 10.6 Å². The third-order valence-electron chi connectivity index (χ3n) is 3.76. The van der Waals surface area contributed by atoms with Crippen LogP contribution in [0.5, 0.6) is 0 Å². The Balaban J connectivity index is 1.40. The Bertz CT molecular complexity index is 844. The monoisotopic (exact) mass is 435 g/mol. The van der Waals surface area contributed by atoms with Gasteiger partial charge in [-0.25, -0.2) is 0 Å². The topological polar surface area (TPSA) is 54.9 Å². The maximum atomic E-state index is 11.9. The lowest BCUT2D eigenvalue weighted by atomic mass is 10.0. The van der Waals surface area contributed by atoms with Gasteiger partial charge >= 0.3 is 0 Å². The van der Waals surface area contributed by atoms with E-state index in [1.807, 2.05) is 17.5 Å². The molecule has 4 nitrogen and oxygen atoms in total. The van der Waals surface area contributed by atoms with Crippen LogP contribution < -0.4 is 5.32 Å². The summed E-state index contributed by atoms with van der Waals surface area (Å²) in [7, 11) is 0. The van der Waals surface area contributed by atoms with Crippen LogP contribution in [0.2, 0.25) is 0 Å². The van der Waals surface area contributed by atoms with E-state index in [4.69, 9.17) is 0 Å². The summed E-state index contributed by atoms with van der Waals surface area (Å²) in [6.45, 7) is 4.99. The van der Waals surface area contributed by atoms with Gasteiger partial charge in [-0.3, -0.25) is 4.79 Å². The second kappa shape index (κ2) is 10.3. The first kappa shape index (κ1) is 20.4. The van der Waals surface area contributed by atoms with Crippen molar-refractivity contribution in [1.82, 2.24) is 15.5 Å². The van der Waals surface area contributed by atoms with Crippen LogP contribution in [0, 0.1) is 0 Å². The predicted molar refractivity (Wildman–Crippen MR) is 117 cm³/mol. The van der Waals surface area contributed by atoms with E-state index in [0.29, 0.717) is 18.2 Å². The molecule has 0 aliphatic heterocycles. The van der Waals surface area contributed by atoms with Crippen molar-refractivity contribution in [2.75, 3.05) is 5.75 Å². The molecule has 0 saturated carbocycles. The van der Waals surface area contributed by atoms with Gasteiger partial charge in [0.2, 0.25) is 5.91 Å². The predicted octanol–water partition coefficient (Wildman–Crippen LogP) is 5.42. The van der Waals surface area contributed by atoms with Crippen molar-refractivity contribution in [3.05, 3.63) is 57.8 Å². The molecule has 0 bridgehead atoms. The van der Waals surface area contributed by atoms with Crippen molar-refractivity contribution in [3.63, 3.8) is 0 Å². The molecule has 0 aliphatic carbocycles. The number of carbonyl (C=O) groups is 1. The quantitative estimate of drug-likeness (QED) is 0.455. The van der Waals surface area contributed by atoms with Crippen molar-refractivity contribution in [2.24, 2.45) is 0 Å². The highest BCUT2D eigenvalue weighted by Gasteiger charge is 2.09. The third-order valence-corrected chi connectivity index (χ3v) is 7.90. The molecule has 0 unspecified atom stereocenters. The van der Waals surface area contributed by atoms with Gasteiger partial charge in [0.15, 0.2) is 8.68 Å². The van der Waals surface area contributed by atoms with E-state index in [0.717, 1.165) is 19.3 Å². The van der Waals surface area contributed by atoms with Crippen LogP contribution in [0.3, 0.4) is 0 Å². The van der Waals surface area contributed by atoms with Gasteiger partial charge in [-0.05, 0) is 28.5 Å². The lowest BCUT2D eigenvalue weighted by Gasteiger charge is -2.05. The number of rotatable bonds is 9. The number of hydrogen-bond acceptors (Lipinski definition) is 7. The maximum absolute atomic E-state index is 11.9. The van der Waals surface area contributed by atoms with Crippen LogP contribution in [-0.2, 0) is 17.1 Å². The molecule has 0 saturated heterocycles. The number of benzene rings is 1. The normalized spacial score (nSPS) is 11.1. The van der Waals surface area contributed by atoms with E-state index in [9.17, 15) is 4.79 Å². The average Bonchev–Trinajstić information content (AvgIpc) is 3.35. The van der Waals surface area contributed by atoms with Gasteiger partial charge in [0.05, 0.1) is 12.3 Å². The van der Waals surface area contributed by atoms with E-state index in [1.54, 1.807) is 34.4 Å². The van der Waals surface area contributed by atoms with Crippen molar-refractivity contribution < 1.29 is 4.79 Å². The third kappa shape index (κ3) is 6.64. The molecule has 142 valence electrons.